The first-order valence-corrected chi connectivity index (χ1v) is 7.58. The van der Waals surface area contributed by atoms with Crippen LogP contribution in [-0.4, -0.2) is 20.2 Å². The molecule has 0 bridgehead atoms. The Hall–Kier alpha value is -1.02. The SMILES string of the molecule is COc1ccc(C(C)C)cc1CCC1CCNCC1. The van der Waals surface area contributed by atoms with E-state index in [-0.39, 0.29) is 0 Å². The molecule has 0 atom stereocenters. The highest BCUT2D eigenvalue weighted by Gasteiger charge is 2.14. The fourth-order valence-corrected chi connectivity index (χ4v) is 2.88. The number of rotatable bonds is 5. The van der Waals surface area contributed by atoms with Gasteiger partial charge in [-0.1, -0.05) is 26.0 Å². The van der Waals surface area contributed by atoms with Crippen LogP contribution in [0.25, 0.3) is 0 Å². The number of benzene rings is 1. The van der Waals surface area contributed by atoms with Crippen molar-refractivity contribution in [2.45, 2.75) is 45.4 Å². The van der Waals surface area contributed by atoms with Gasteiger partial charge in [-0.2, -0.15) is 0 Å². The summed E-state index contributed by atoms with van der Waals surface area (Å²) in [6, 6.07) is 6.66. The molecule has 2 rings (SSSR count). The number of hydrogen-bond donors (Lipinski definition) is 1. The second-order valence-corrected chi connectivity index (χ2v) is 5.96. The van der Waals surface area contributed by atoms with Gasteiger partial charge in [0.1, 0.15) is 5.75 Å². The molecule has 0 spiro atoms. The summed E-state index contributed by atoms with van der Waals surface area (Å²) in [5.41, 5.74) is 2.80. The molecule has 1 aliphatic rings. The number of aryl methyl sites for hydroxylation is 1. The van der Waals surface area contributed by atoms with Crippen LogP contribution in [0.2, 0.25) is 0 Å². The van der Waals surface area contributed by atoms with E-state index in [1.807, 2.05) is 0 Å². The lowest BCUT2D eigenvalue weighted by Crippen LogP contribution is -2.27. The highest BCUT2D eigenvalue weighted by Crippen LogP contribution is 2.27. The van der Waals surface area contributed by atoms with Crippen LogP contribution in [-0.2, 0) is 6.42 Å². The van der Waals surface area contributed by atoms with Crippen LogP contribution in [0.3, 0.4) is 0 Å². The van der Waals surface area contributed by atoms with Crippen molar-refractivity contribution in [2.24, 2.45) is 5.92 Å². The minimum Gasteiger partial charge on any atom is -0.496 e. The summed E-state index contributed by atoms with van der Waals surface area (Å²) < 4.78 is 5.51. The van der Waals surface area contributed by atoms with Crippen molar-refractivity contribution in [3.8, 4) is 5.75 Å². The summed E-state index contributed by atoms with van der Waals surface area (Å²) in [7, 11) is 1.78. The number of piperidine rings is 1. The van der Waals surface area contributed by atoms with Gasteiger partial charge >= 0.3 is 0 Å². The van der Waals surface area contributed by atoms with Crippen molar-refractivity contribution in [3.05, 3.63) is 29.3 Å². The van der Waals surface area contributed by atoms with Crippen molar-refractivity contribution in [1.82, 2.24) is 5.32 Å². The summed E-state index contributed by atoms with van der Waals surface area (Å²) in [4.78, 5) is 0. The predicted molar refractivity (Wildman–Crippen MR) is 81.0 cm³/mol. The molecule has 0 saturated carbocycles. The molecule has 0 aliphatic carbocycles. The molecule has 19 heavy (non-hydrogen) atoms. The van der Waals surface area contributed by atoms with Crippen LogP contribution in [0.1, 0.15) is 50.2 Å². The summed E-state index contributed by atoms with van der Waals surface area (Å²) in [5, 5.41) is 3.43. The Morgan fingerprint density at radius 3 is 2.63 bits per heavy atom. The Bertz CT molecular complexity index is 394. The fraction of sp³-hybridized carbons (Fsp3) is 0.647. The zero-order valence-electron chi connectivity index (χ0n) is 12.5. The Balaban J connectivity index is 2.02. The first kappa shape index (κ1) is 14.4. The van der Waals surface area contributed by atoms with Gasteiger partial charge in [-0.15, -0.1) is 0 Å². The van der Waals surface area contributed by atoms with Crippen LogP contribution in [0.15, 0.2) is 18.2 Å². The van der Waals surface area contributed by atoms with Gasteiger partial charge in [-0.25, -0.2) is 0 Å². The zero-order chi connectivity index (χ0) is 13.7. The monoisotopic (exact) mass is 261 g/mol. The Labute approximate surface area is 117 Å². The first-order chi connectivity index (χ1) is 9.20. The van der Waals surface area contributed by atoms with Gasteiger partial charge in [0, 0.05) is 0 Å². The van der Waals surface area contributed by atoms with Gasteiger partial charge < -0.3 is 10.1 Å². The molecule has 1 saturated heterocycles. The van der Waals surface area contributed by atoms with E-state index in [4.69, 9.17) is 4.74 Å². The molecule has 2 nitrogen and oxygen atoms in total. The van der Waals surface area contributed by atoms with E-state index in [0.717, 1.165) is 18.1 Å². The first-order valence-electron chi connectivity index (χ1n) is 7.58. The lowest BCUT2D eigenvalue weighted by Gasteiger charge is -2.23. The summed E-state index contributed by atoms with van der Waals surface area (Å²) in [6.45, 7) is 6.87. The third-order valence-corrected chi connectivity index (χ3v) is 4.25. The van der Waals surface area contributed by atoms with Crippen LogP contribution in [0, 0.1) is 5.92 Å². The van der Waals surface area contributed by atoms with E-state index in [9.17, 15) is 0 Å². The molecule has 2 heteroatoms. The normalized spacial score (nSPS) is 16.8. The van der Waals surface area contributed by atoms with Crippen molar-refractivity contribution in [3.63, 3.8) is 0 Å². The molecule has 0 unspecified atom stereocenters. The highest BCUT2D eigenvalue weighted by atomic mass is 16.5. The number of methoxy groups -OCH3 is 1. The lowest BCUT2D eigenvalue weighted by atomic mass is 9.90. The molecule has 1 N–H and O–H groups in total. The van der Waals surface area contributed by atoms with Crippen molar-refractivity contribution in [1.29, 1.82) is 0 Å². The third-order valence-electron chi connectivity index (χ3n) is 4.25. The average Bonchev–Trinajstić information content (AvgIpc) is 2.45. The molecular formula is C17H27NO. The second-order valence-electron chi connectivity index (χ2n) is 5.96. The van der Waals surface area contributed by atoms with Crippen LogP contribution in [0.5, 0.6) is 5.75 Å². The minimum absolute atomic E-state index is 0.587. The van der Waals surface area contributed by atoms with Gasteiger partial charge in [0.15, 0.2) is 0 Å². The number of ether oxygens (including phenoxy) is 1. The molecule has 0 aromatic heterocycles. The van der Waals surface area contributed by atoms with Crippen LogP contribution < -0.4 is 10.1 Å². The zero-order valence-corrected chi connectivity index (χ0v) is 12.5. The average molecular weight is 261 g/mol. The van der Waals surface area contributed by atoms with E-state index >= 15 is 0 Å². The fourth-order valence-electron chi connectivity index (χ4n) is 2.88. The van der Waals surface area contributed by atoms with Crippen molar-refractivity contribution < 1.29 is 4.74 Å². The molecule has 1 heterocycles. The Morgan fingerprint density at radius 1 is 1.26 bits per heavy atom. The van der Waals surface area contributed by atoms with Gasteiger partial charge in [0.25, 0.3) is 0 Å². The standard InChI is InChI=1S/C17H27NO/c1-13(2)15-6-7-17(19-3)16(12-15)5-4-14-8-10-18-11-9-14/h6-7,12-14,18H,4-5,8-11H2,1-3H3. The van der Waals surface area contributed by atoms with Crippen molar-refractivity contribution in [2.75, 3.05) is 20.2 Å². The van der Waals surface area contributed by atoms with E-state index in [0.29, 0.717) is 5.92 Å². The molecule has 1 aromatic carbocycles. The summed E-state index contributed by atoms with van der Waals surface area (Å²) in [5.74, 6) is 2.52. The van der Waals surface area contributed by atoms with Crippen LogP contribution in [0.4, 0.5) is 0 Å². The third kappa shape index (κ3) is 3.97. The van der Waals surface area contributed by atoms with Gasteiger partial charge in [-0.3, -0.25) is 0 Å². The number of nitrogens with one attached hydrogen (secondary N) is 1. The summed E-state index contributed by atoms with van der Waals surface area (Å²) in [6.07, 6.45) is 5.09. The predicted octanol–water partition coefficient (Wildman–Crippen LogP) is 3.75. The molecule has 1 fully saturated rings. The van der Waals surface area contributed by atoms with E-state index < -0.39 is 0 Å². The molecule has 0 radical (unpaired) electrons. The quantitative estimate of drug-likeness (QED) is 0.871. The molecule has 106 valence electrons. The van der Waals surface area contributed by atoms with E-state index in [1.54, 1.807) is 7.11 Å². The Kier molecular flexibility index (Phi) is 5.26. The van der Waals surface area contributed by atoms with Crippen LogP contribution >= 0.6 is 0 Å². The number of hydrogen-bond acceptors (Lipinski definition) is 2. The van der Waals surface area contributed by atoms with Gasteiger partial charge in [0.2, 0.25) is 0 Å². The van der Waals surface area contributed by atoms with E-state index in [2.05, 4.69) is 37.4 Å². The summed E-state index contributed by atoms with van der Waals surface area (Å²) >= 11 is 0. The maximum absolute atomic E-state index is 5.51. The second kappa shape index (κ2) is 6.95. The molecule has 1 aromatic rings. The smallest absolute Gasteiger partial charge is 0.122 e. The maximum Gasteiger partial charge on any atom is 0.122 e. The van der Waals surface area contributed by atoms with Gasteiger partial charge in [-0.05, 0) is 67.8 Å². The highest BCUT2D eigenvalue weighted by molar-refractivity contribution is 5.38. The molecule has 1 aliphatic heterocycles. The maximum atomic E-state index is 5.51. The Morgan fingerprint density at radius 2 is 2.00 bits per heavy atom. The largest absolute Gasteiger partial charge is 0.496 e. The minimum atomic E-state index is 0.587. The lowest BCUT2D eigenvalue weighted by molar-refractivity contribution is 0.350. The topological polar surface area (TPSA) is 21.3 Å². The molecular weight excluding hydrogens is 234 g/mol. The van der Waals surface area contributed by atoms with E-state index in [1.165, 1.54) is 43.5 Å². The van der Waals surface area contributed by atoms with Gasteiger partial charge in [0.05, 0.1) is 7.11 Å². The molecule has 0 amide bonds. The van der Waals surface area contributed by atoms with Crippen molar-refractivity contribution >= 4 is 0 Å².